The van der Waals surface area contributed by atoms with Crippen LogP contribution >= 0.6 is 0 Å². The van der Waals surface area contributed by atoms with Gasteiger partial charge in [-0.3, -0.25) is 4.79 Å². The zero-order valence-corrected chi connectivity index (χ0v) is 11.9. The molecule has 7 heteroatoms. The van der Waals surface area contributed by atoms with Crippen molar-refractivity contribution in [2.75, 3.05) is 45.6 Å². The molecule has 1 fully saturated rings. The number of carbonyl (C=O) groups excluding carboxylic acids is 2. The van der Waals surface area contributed by atoms with Gasteiger partial charge < -0.3 is 25.0 Å². The molecule has 0 bridgehead atoms. The minimum Gasteiger partial charge on any atom is -0.484 e. The molecule has 7 nitrogen and oxygen atoms in total. The van der Waals surface area contributed by atoms with Crippen LogP contribution in [0, 0.1) is 0 Å². The van der Waals surface area contributed by atoms with Crippen LogP contribution in [0.1, 0.15) is 0 Å². The zero-order chi connectivity index (χ0) is 15.2. The van der Waals surface area contributed by atoms with Crippen molar-refractivity contribution >= 4 is 17.7 Å². The van der Waals surface area contributed by atoms with Crippen LogP contribution < -0.4 is 10.5 Å². The number of hydrogen-bond acceptors (Lipinski definition) is 5. The van der Waals surface area contributed by atoms with Gasteiger partial charge in [0.05, 0.1) is 7.11 Å². The minimum atomic E-state index is -0.361. The molecule has 21 heavy (non-hydrogen) atoms. The highest BCUT2D eigenvalue weighted by molar-refractivity contribution is 5.78. The average molecular weight is 293 g/mol. The molecule has 0 aliphatic carbocycles. The number of piperazine rings is 1. The second-order valence-electron chi connectivity index (χ2n) is 4.70. The Morgan fingerprint density at radius 1 is 1.10 bits per heavy atom. The number of nitrogen functional groups attached to an aromatic ring is 1. The molecular weight excluding hydrogens is 274 g/mol. The molecule has 2 N–H and O–H groups in total. The summed E-state index contributed by atoms with van der Waals surface area (Å²) >= 11 is 0. The number of ether oxygens (including phenoxy) is 2. The van der Waals surface area contributed by atoms with Crippen molar-refractivity contribution in [3.8, 4) is 5.75 Å². The fourth-order valence-corrected chi connectivity index (χ4v) is 2.07. The summed E-state index contributed by atoms with van der Waals surface area (Å²) in [6, 6.07) is 6.87. The second kappa shape index (κ2) is 6.83. The molecule has 0 radical (unpaired) electrons. The smallest absolute Gasteiger partial charge is 0.409 e. The first-order chi connectivity index (χ1) is 10.1. The number of anilines is 1. The molecule has 0 saturated carbocycles. The number of rotatable bonds is 3. The maximum atomic E-state index is 12.0. The van der Waals surface area contributed by atoms with Gasteiger partial charge in [0.25, 0.3) is 5.91 Å². The number of methoxy groups -OCH3 is 1. The number of carbonyl (C=O) groups is 2. The van der Waals surface area contributed by atoms with E-state index in [-0.39, 0.29) is 18.6 Å². The van der Waals surface area contributed by atoms with E-state index < -0.39 is 0 Å². The molecular formula is C14H19N3O4. The van der Waals surface area contributed by atoms with Crippen molar-refractivity contribution in [3.05, 3.63) is 24.3 Å². The van der Waals surface area contributed by atoms with Crippen LogP contribution in [-0.2, 0) is 9.53 Å². The van der Waals surface area contributed by atoms with Gasteiger partial charge in [-0.15, -0.1) is 0 Å². The first-order valence-corrected chi connectivity index (χ1v) is 6.69. The van der Waals surface area contributed by atoms with Gasteiger partial charge >= 0.3 is 6.09 Å². The summed E-state index contributed by atoms with van der Waals surface area (Å²) in [5.41, 5.74) is 6.22. The second-order valence-corrected chi connectivity index (χ2v) is 4.70. The highest BCUT2D eigenvalue weighted by Crippen LogP contribution is 2.13. The van der Waals surface area contributed by atoms with Crippen molar-refractivity contribution < 1.29 is 19.1 Å². The van der Waals surface area contributed by atoms with E-state index in [1.165, 1.54) is 7.11 Å². The lowest BCUT2D eigenvalue weighted by atomic mass is 10.3. The van der Waals surface area contributed by atoms with Crippen LogP contribution in [0.4, 0.5) is 10.5 Å². The molecule has 1 aliphatic heterocycles. The molecule has 114 valence electrons. The monoisotopic (exact) mass is 293 g/mol. The summed E-state index contributed by atoms with van der Waals surface area (Å²) in [6.45, 7) is 1.89. The third-order valence-corrected chi connectivity index (χ3v) is 3.31. The van der Waals surface area contributed by atoms with Gasteiger partial charge in [0, 0.05) is 31.9 Å². The third kappa shape index (κ3) is 4.01. The van der Waals surface area contributed by atoms with Gasteiger partial charge in [-0.1, -0.05) is 0 Å². The van der Waals surface area contributed by atoms with Gasteiger partial charge in [-0.25, -0.2) is 4.79 Å². The molecule has 2 amide bonds. The van der Waals surface area contributed by atoms with E-state index in [2.05, 4.69) is 4.74 Å². The zero-order valence-electron chi connectivity index (χ0n) is 11.9. The van der Waals surface area contributed by atoms with Gasteiger partial charge in [0.1, 0.15) is 5.75 Å². The van der Waals surface area contributed by atoms with Crippen molar-refractivity contribution in [3.63, 3.8) is 0 Å². The van der Waals surface area contributed by atoms with E-state index in [0.29, 0.717) is 37.6 Å². The molecule has 1 aromatic rings. The van der Waals surface area contributed by atoms with Gasteiger partial charge in [0.2, 0.25) is 0 Å². The van der Waals surface area contributed by atoms with Crippen LogP contribution in [0.2, 0.25) is 0 Å². The molecule has 1 aromatic carbocycles. The van der Waals surface area contributed by atoms with Crippen LogP contribution in [0.3, 0.4) is 0 Å². The molecule has 2 rings (SSSR count). The lowest BCUT2D eigenvalue weighted by molar-refractivity contribution is -0.134. The predicted molar refractivity (Wildman–Crippen MR) is 76.9 cm³/mol. The van der Waals surface area contributed by atoms with Crippen molar-refractivity contribution in [1.82, 2.24) is 9.80 Å². The molecule has 1 aliphatic rings. The van der Waals surface area contributed by atoms with Crippen molar-refractivity contribution in [2.24, 2.45) is 0 Å². The van der Waals surface area contributed by atoms with Crippen molar-refractivity contribution in [2.45, 2.75) is 0 Å². The number of benzene rings is 1. The highest BCUT2D eigenvalue weighted by atomic mass is 16.5. The topological polar surface area (TPSA) is 85.1 Å². The SMILES string of the molecule is COC(=O)N1CCN(C(=O)COc2ccc(N)cc2)CC1. The van der Waals surface area contributed by atoms with E-state index in [1.54, 1.807) is 34.1 Å². The first kappa shape index (κ1) is 15.0. The summed E-state index contributed by atoms with van der Waals surface area (Å²) in [6.07, 6.45) is -0.361. The van der Waals surface area contributed by atoms with Gasteiger partial charge in [0.15, 0.2) is 6.61 Å². The summed E-state index contributed by atoms with van der Waals surface area (Å²) in [4.78, 5) is 26.6. The predicted octanol–water partition coefficient (Wildman–Crippen LogP) is 0.558. The third-order valence-electron chi connectivity index (χ3n) is 3.31. The largest absolute Gasteiger partial charge is 0.484 e. The van der Waals surface area contributed by atoms with Crippen LogP contribution in [-0.4, -0.2) is 61.7 Å². The van der Waals surface area contributed by atoms with E-state index in [1.807, 2.05) is 0 Å². The lowest BCUT2D eigenvalue weighted by Crippen LogP contribution is -2.51. The number of hydrogen-bond donors (Lipinski definition) is 1. The molecule has 0 unspecified atom stereocenters. The Kier molecular flexibility index (Phi) is 4.86. The quantitative estimate of drug-likeness (QED) is 0.823. The van der Waals surface area contributed by atoms with E-state index in [0.717, 1.165) is 0 Å². The van der Waals surface area contributed by atoms with Crippen LogP contribution in [0.5, 0.6) is 5.75 Å². The molecule has 1 saturated heterocycles. The fraction of sp³-hybridized carbons (Fsp3) is 0.429. The summed E-state index contributed by atoms with van der Waals surface area (Å²) in [5, 5.41) is 0. The minimum absolute atomic E-state index is 0.0257. The molecule has 0 atom stereocenters. The van der Waals surface area contributed by atoms with E-state index in [9.17, 15) is 9.59 Å². The fourth-order valence-electron chi connectivity index (χ4n) is 2.07. The average Bonchev–Trinajstić information content (AvgIpc) is 2.53. The first-order valence-electron chi connectivity index (χ1n) is 6.69. The summed E-state index contributed by atoms with van der Waals surface area (Å²) in [5.74, 6) is 0.502. The maximum Gasteiger partial charge on any atom is 0.409 e. The van der Waals surface area contributed by atoms with Gasteiger partial charge in [-0.2, -0.15) is 0 Å². The normalized spacial score (nSPS) is 14.7. The van der Waals surface area contributed by atoms with Crippen LogP contribution in [0.25, 0.3) is 0 Å². The molecule has 0 spiro atoms. The standard InChI is InChI=1S/C14H19N3O4/c1-20-14(19)17-8-6-16(7-9-17)13(18)10-21-12-4-2-11(15)3-5-12/h2-5H,6-10,15H2,1H3. The Labute approximate surface area is 123 Å². The van der Waals surface area contributed by atoms with E-state index >= 15 is 0 Å². The Balaban J connectivity index is 1.77. The molecule has 1 heterocycles. The Morgan fingerprint density at radius 2 is 1.67 bits per heavy atom. The van der Waals surface area contributed by atoms with Crippen molar-refractivity contribution in [1.29, 1.82) is 0 Å². The summed E-state index contributed by atoms with van der Waals surface area (Å²) in [7, 11) is 1.35. The Morgan fingerprint density at radius 3 is 2.24 bits per heavy atom. The maximum absolute atomic E-state index is 12.0. The van der Waals surface area contributed by atoms with Gasteiger partial charge in [-0.05, 0) is 24.3 Å². The van der Waals surface area contributed by atoms with E-state index in [4.69, 9.17) is 10.5 Å². The highest BCUT2D eigenvalue weighted by Gasteiger charge is 2.24. The number of nitrogens with two attached hydrogens (primary N) is 1. The summed E-state index contributed by atoms with van der Waals surface area (Å²) < 4.78 is 10.1. The Hall–Kier alpha value is -2.44. The number of amides is 2. The molecule has 0 aromatic heterocycles. The lowest BCUT2D eigenvalue weighted by Gasteiger charge is -2.33. The van der Waals surface area contributed by atoms with Crippen LogP contribution in [0.15, 0.2) is 24.3 Å². The Bertz CT molecular complexity index is 495. The number of nitrogens with zero attached hydrogens (tertiary/aromatic N) is 2.